The molecular weight excluding hydrogens is 232 g/mol. The first kappa shape index (κ1) is 14.9. The lowest BCUT2D eigenvalue weighted by Gasteiger charge is -2.40. The smallest absolute Gasteiger partial charge is 0.0106 e. The SMILES string of the molecule is CC#CCCC(NCCC)C1CC2CCC(C1)N2C. The van der Waals surface area contributed by atoms with Crippen LogP contribution >= 0.6 is 0 Å². The Morgan fingerprint density at radius 1 is 1.26 bits per heavy atom. The van der Waals surface area contributed by atoms with Crippen LogP contribution in [-0.4, -0.2) is 36.6 Å². The molecule has 108 valence electrons. The van der Waals surface area contributed by atoms with Gasteiger partial charge in [-0.25, -0.2) is 0 Å². The van der Waals surface area contributed by atoms with E-state index >= 15 is 0 Å². The van der Waals surface area contributed by atoms with Gasteiger partial charge in [0.15, 0.2) is 0 Å². The fourth-order valence-electron chi connectivity index (χ4n) is 3.97. The van der Waals surface area contributed by atoms with Crippen molar-refractivity contribution in [1.29, 1.82) is 0 Å². The van der Waals surface area contributed by atoms with Crippen molar-refractivity contribution in [2.75, 3.05) is 13.6 Å². The number of piperidine rings is 1. The number of nitrogens with one attached hydrogen (secondary N) is 1. The fraction of sp³-hybridized carbons (Fsp3) is 0.882. The maximum atomic E-state index is 3.80. The highest BCUT2D eigenvalue weighted by atomic mass is 15.2. The van der Waals surface area contributed by atoms with Gasteiger partial charge in [-0.15, -0.1) is 11.8 Å². The average molecular weight is 262 g/mol. The molecule has 0 aromatic heterocycles. The summed E-state index contributed by atoms with van der Waals surface area (Å²) in [6.07, 6.45) is 9.16. The average Bonchev–Trinajstić information content (AvgIpc) is 2.65. The van der Waals surface area contributed by atoms with Gasteiger partial charge in [0.2, 0.25) is 0 Å². The molecule has 0 spiro atoms. The van der Waals surface area contributed by atoms with Gasteiger partial charge in [0.05, 0.1) is 0 Å². The Hall–Kier alpha value is -0.520. The van der Waals surface area contributed by atoms with E-state index in [0.717, 1.165) is 31.0 Å². The molecule has 2 fully saturated rings. The summed E-state index contributed by atoms with van der Waals surface area (Å²) in [5.74, 6) is 7.15. The first-order valence-electron chi connectivity index (χ1n) is 8.11. The number of nitrogens with zero attached hydrogens (tertiary/aromatic N) is 1. The lowest BCUT2D eigenvalue weighted by atomic mass is 9.83. The highest BCUT2D eigenvalue weighted by Gasteiger charge is 2.40. The van der Waals surface area contributed by atoms with Crippen LogP contribution in [0.1, 0.15) is 58.8 Å². The fourth-order valence-corrected chi connectivity index (χ4v) is 3.97. The molecule has 1 N–H and O–H groups in total. The summed E-state index contributed by atoms with van der Waals surface area (Å²) in [6.45, 7) is 5.37. The molecule has 2 nitrogen and oxygen atoms in total. The van der Waals surface area contributed by atoms with Gasteiger partial charge < -0.3 is 10.2 Å². The first-order chi connectivity index (χ1) is 9.26. The molecule has 0 aromatic rings. The van der Waals surface area contributed by atoms with Gasteiger partial charge in [-0.05, 0) is 65.0 Å². The maximum Gasteiger partial charge on any atom is 0.0106 e. The Kier molecular flexibility index (Phi) is 5.73. The summed E-state index contributed by atoms with van der Waals surface area (Å²) < 4.78 is 0. The summed E-state index contributed by atoms with van der Waals surface area (Å²) in [5.41, 5.74) is 0. The molecule has 2 rings (SSSR count). The molecule has 2 saturated heterocycles. The molecule has 0 amide bonds. The lowest BCUT2D eigenvalue weighted by Crippen LogP contribution is -2.47. The second kappa shape index (κ2) is 7.31. The van der Waals surface area contributed by atoms with Crippen molar-refractivity contribution < 1.29 is 0 Å². The normalized spacial score (nSPS) is 31.8. The van der Waals surface area contributed by atoms with Crippen LogP contribution in [0.25, 0.3) is 0 Å². The highest BCUT2D eigenvalue weighted by Crippen LogP contribution is 2.39. The third-order valence-electron chi connectivity index (χ3n) is 5.12. The summed E-state index contributed by atoms with van der Waals surface area (Å²) in [7, 11) is 2.33. The zero-order valence-corrected chi connectivity index (χ0v) is 12.9. The molecule has 2 heterocycles. The lowest BCUT2D eigenvalue weighted by molar-refractivity contribution is 0.110. The molecule has 2 aliphatic heterocycles. The molecule has 0 saturated carbocycles. The van der Waals surface area contributed by atoms with Crippen molar-refractivity contribution in [2.24, 2.45) is 5.92 Å². The minimum absolute atomic E-state index is 0.692. The quantitative estimate of drug-likeness (QED) is 0.740. The number of hydrogen-bond acceptors (Lipinski definition) is 2. The van der Waals surface area contributed by atoms with Crippen LogP contribution in [0.2, 0.25) is 0 Å². The van der Waals surface area contributed by atoms with Crippen LogP contribution in [0.5, 0.6) is 0 Å². The zero-order valence-electron chi connectivity index (χ0n) is 12.9. The molecular formula is C17H30N2. The van der Waals surface area contributed by atoms with Crippen LogP contribution < -0.4 is 5.32 Å². The van der Waals surface area contributed by atoms with Gasteiger partial charge in [0, 0.05) is 24.5 Å². The molecule has 2 aliphatic rings. The Balaban J connectivity index is 1.91. The molecule has 19 heavy (non-hydrogen) atoms. The highest BCUT2D eigenvalue weighted by molar-refractivity contribution is 4.99. The van der Waals surface area contributed by atoms with Crippen LogP contribution in [0.4, 0.5) is 0 Å². The Morgan fingerprint density at radius 3 is 2.53 bits per heavy atom. The second-order valence-electron chi connectivity index (χ2n) is 6.31. The predicted octanol–water partition coefficient (Wildman–Crippen LogP) is 3.03. The third kappa shape index (κ3) is 3.74. The first-order valence-corrected chi connectivity index (χ1v) is 8.11. The van der Waals surface area contributed by atoms with Gasteiger partial charge in [0.1, 0.15) is 0 Å². The molecule has 0 radical (unpaired) electrons. The topological polar surface area (TPSA) is 15.3 Å². The van der Waals surface area contributed by atoms with Crippen molar-refractivity contribution in [1.82, 2.24) is 10.2 Å². The summed E-state index contributed by atoms with van der Waals surface area (Å²) in [5, 5.41) is 3.80. The van der Waals surface area contributed by atoms with Crippen molar-refractivity contribution in [2.45, 2.75) is 76.9 Å². The number of rotatable bonds is 6. The zero-order chi connectivity index (χ0) is 13.7. The summed E-state index contributed by atoms with van der Waals surface area (Å²) in [4.78, 5) is 2.64. The minimum Gasteiger partial charge on any atom is -0.314 e. The largest absolute Gasteiger partial charge is 0.314 e. The van der Waals surface area contributed by atoms with E-state index in [1.807, 2.05) is 6.92 Å². The van der Waals surface area contributed by atoms with Gasteiger partial charge in [-0.1, -0.05) is 6.92 Å². The van der Waals surface area contributed by atoms with Gasteiger partial charge >= 0.3 is 0 Å². The molecule has 0 aromatic carbocycles. The molecule has 0 aliphatic carbocycles. The van der Waals surface area contributed by atoms with Gasteiger partial charge in [-0.2, -0.15) is 0 Å². The van der Waals surface area contributed by atoms with Crippen molar-refractivity contribution in [3.63, 3.8) is 0 Å². The minimum atomic E-state index is 0.692. The Labute approximate surface area is 119 Å². The van der Waals surface area contributed by atoms with E-state index < -0.39 is 0 Å². The molecule has 2 bridgehead atoms. The number of hydrogen-bond donors (Lipinski definition) is 1. The van der Waals surface area contributed by atoms with E-state index in [4.69, 9.17) is 0 Å². The maximum absolute atomic E-state index is 3.80. The van der Waals surface area contributed by atoms with Crippen LogP contribution in [-0.2, 0) is 0 Å². The molecule has 2 heteroatoms. The third-order valence-corrected chi connectivity index (χ3v) is 5.12. The second-order valence-corrected chi connectivity index (χ2v) is 6.31. The molecule has 3 atom stereocenters. The van der Waals surface area contributed by atoms with Crippen molar-refractivity contribution in [3.05, 3.63) is 0 Å². The van der Waals surface area contributed by atoms with Crippen molar-refractivity contribution in [3.8, 4) is 11.8 Å². The van der Waals surface area contributed by atoms with E-state index in [1.54, 1.807) is 0 Å². The van der Waals surface area contributed by atoms with E-state index in [-0.39, 0.29) is 0 Å². The van der Waals surface area contributed by atoms with Gasteiger partial charge in [-0.3, -0.25) is 0 Å². The van der Waals surface area contributed by atoms with Gasteiger partial charge in [0.25, 0.3) is 0 Å². The summed E-state index contributed by atoms with van der Waals surface area (Å²) in [6, 6.07) is 2.40. The predicted molar refractivity (Wildman–Crippen MR) is 82.1 cm³/mol. The van der Waals surface area contributed by atoms with Crippen LogP contribution in [0.3, 0.4) is 0 Å². The monoisotopic (exact) mass is 262 g/mol. The van der Waals surface area contributed by atoms with E-state index in [0.29, 0.717) is 6.04 Å². The van der Waals surface area contributed by atoms with Crippen molar-refractivity contribution >= 4 is 0 Å². The standard InChI is InChI=1S/C17H30N2/c1-4-6-7-8-17(18-11-5-2)14-12-15-9-10-16(13-14)19(15)3/h14-18H,5,7-13H2,1-3H3. The van der Waals surface area contributed by atoms with Crippen LogP contribution in [0, 0.1) is 17.8 Å². The van der Waals surface area contributed by atoms with E-state index in [2.05, 4.69) is 36.0 Å². The van der Waals surface area contributed by atoms with E-state index in [9.17, 15) is 0 Å². The summed E-state index contributed by atoms with van der Waals surface area (Å²) >= 11 is 0. The number of fused-ring (bicyclic) bond motifs is 2. The Morgan fingerprint density at radius 2 is 1.95 bits per heavy atom. The van der Waals surface area contributed by atoms with Crippen LogP contribution in [0.15, 0.2) is 0 Å². The molecule has 3 unspecified atom stereocenters. The van der Waals surface area contributed by atoms with E-state index in [1.165, 1.54) is 38.5 Å². The Bertz CT molecular complexity index is 314.